The molecule has 0 aliphatic heterocycles. The topological polar surface area (TPSA) is 80.4 Å². The molecule has 0 aromatic heterocycles. The van der Waals surface area contributed by atoms with Crippen LogP contribution in [0.5, 0.6) is 0 Å². The first kappa shape index (κ1) is 14.0. The summed E-state index contributed by atoms with van der Waals surface area (Å²) in [5.41, 5.74) is -0.810. The summed E-state index contributed by atoms with van der Waals surface area (Å²) in [4.78, 5) is 21.9. The zero-order valence-corrected chi connectivity index (χ0v) is 11.4. The second-order valence-electron chi connectivity index (χ2n) is 6.29. The number of non-ortho nitro benzene ring substituents is 1. The van der Waals surface area contributed by atoms with Gasteiger partial charge in [0.2, 0.25) is 0 Å². The van der Waals surface area contributed by atoms with Crippen molar-refractivity contribution >= 4 is 11.7 Å². The average molecular weight is 293 g/mol. The highest BCUT2D eigenvalue weighted by molar-refractivity contribution is 5.76. The molecule has 0 saturated heterocycles. The van der Waals surface area contributed by atoms with Crippen LogP contribution >= 0.6 is 0 Å². The lowest BCUT2D eigenvalue weighted by molar-refractivity contribution is -0.385. The van der Waals surface area contributed by atoms with E-state index < -0.39 is 22.1 Å². The number of rotatable bonds is 4. The van der Waals surface area contributed by atoms with E-state index in [1.807, 2.05) is 0 Å². The van der Waals surface area contributed by atoms with Crippen LogP contribution in [-0.2, 0) is 11.2 Å². The van der Waals surface area contributed by atoms with Crippen LogP contribution in [0.4, 0.5) is 10.1 Å². The number of hydrogen-bond acceptors (Lipinski definition) is 3. The van der Waals surface area contributed by atoms with Crippen molar-refractivity contribution in [3.63, 3.8) is 0 Å². The van der Waals surface area contributed by atoms with Gasteiger partial charge in [0.15, 0.2) is 0 Å². The molecule has 2 bridgehead atoms. The lowest BCUT2D eigenvalue weighted by Crippen LogP contribution is -2.38. The van der Waals surface area contributed by atoms with Crippen molar-refractivity contribution in [3.05, 3.63) is 39.7 Å². The van der Waals surface area contributed by atoms with Gasteiger partial charge in [0.25, 0.3) is 5.69 Å². The van der Waals surface area contributed by atoms with E-state index in [2.05, 4.69) is 0 Å². The summed E-state index contributed by atoms with van der Waals surface area (Å²) in [6.07, 6.45) is 3.61. The molecular weight excluding hydrogens is 277 g/mol. The van der Waals surface area contributed by atoms with Gasteiger partial charge in [-0.2, -0.15) is 0 Å². The predicted molar refractivity (Wildman–Crippen MR) is 72.3 cm³/mol. The third-order valence-electron chi connectivity index (χ3n) is 5.07. The minimum atomic E-state index is -0.884. The molecule has 2 aliphatic carbocycles. The van der Waals surface area contributed by atoms with Gasteiger partial charge in [-0.15, -0.1) is 0 Å². The average Bonchev–Trinajstić information content (AvgIpc) is 2.98. The molecule has 0 heterocycles. The van der Waals surface area contributed by atoms with Crippen molar-refractivity contribution in [2.45, 2.75) is 32.1 Å². The van der Waals surface area contributed by atoms with Crippen LogP contribution in [0.2, 0.25) is 0 Å². The van der Waals surface area contributed by atoms with Crippen molar-refractivity contribution < 1.29 is 19.2 Å². The molecule has 3 unspecified atom stereocenters. The minimum absolute atomic E-state index is 0.0994. The first-order valence-corrected chi connectivity index (χ1v) is 7.08. The smallest absolute Gasteiger partial charge is 0.310 e. The van der Waals surface area contributed by atoms with Gasteiger partial charge in [-0.25, -0.2) is 4.39 Å². The number of nitrogens with zero attached hydrogens (tertiary/aromatic N) is 1. The highest BCUT2D eigenvalue weighted by atomic mass is 19.1. The Labute approximate surface area is 120 Å². The molecule has 0 spiro atoms. The van der Waals surface area contributed by atoms with Gasteiger partial charge in [0.05, 0.1) is 16.4 Å². The fraction of sp³-hybridized carbons (Fsp3) is 0.533. The molecule has 3 rings (SSSR count). The van der Waals surface area contributed by atoms with E-state index in [-0.39, 0.29) is 18.0 Å². The Kier molecular flexibility index (Phi) is 3.19. The first-order chi connectivity index (χ1) is 9.90. The van der Waals surface area contributed by atoms with Crippen molar-refractivity contribution in [2.75, 3.05) is 0 Å². The molecule has 3 atom stereocenters. The summed E-state index contributed by atoms with van der Waals surface area (Å²) in [5.74, 6) is -1.03. The summed E-state index contributed by atoms with van der Waals surface area (Å²) in [7, 11) is 0. The van der Waals surface area contributed by atoms with Gasteiger partial charge in [-0.05, 0) is 49.1 Å². The quantitative estimate of drug-likeness (QED) is 0.683. The fourth-order valence-corrected chi connectivity index (χ4v) is 4.20. The number of benzene rings is 1. The molecule has 21 heavy (non-hydrogen) atoms. The van der Waals surface area contributed by atoms with E-state index in [1.165, 1.54) is 12.1 Å². The maximum Gasteiger partial charge on any atom is 0.310 e. The molecule has 2 saturated carbocycles. The molecular formula is C15H16FNO4. The number of nitro groups is 1. The van der Waals surface area contributed by atoms with Crippen LogP contribution < -0.4 is 0 Å². The van der Waals surface area contributed by atoms with Crippen molar-refractivity contribution in [1.29, 1.82) is 0 Å². The first-order valence-electron chi connectivity index (χ1n) is 7.08. The highest BCUT2D eigenvalue weighted by Crippen LogP contribution is 2.57. The van der Waals surface area contributed by atoms with Crippen molar-refractivity contribution in [1.82, 2.24) is 0 Å². The number of nitro benzene ring substituents is 1. The van der Waals surface area contributed by atoms with E-state index in [0.29, 0.717) is 17.9 Å². The Balaban J connectivity index is 1.94. The number of halogens is 1. The van der Waals surface area contributed by atoms with Gasteiger partial charge in [-0.1, -0.05) is 6.42 Å². The zero-order valence-electron chi connectivity index (χ0n) is 11.4. The maximum atomic E-state index is 13.5. The number of fused-ring (bicyclic) bond motifs is 2. The summed E-state index contributed by atoms with van der Waals surface area (Å²) >= 11 is 0. The van der Waals surface area contributed by atoms with Crippen LogP contribution in [-0.4, -0.2) is 16.0 Å². The summed E-state index contributed by atoms with van der Waals surface area (Å²) in [5, 5.41) is 20.5. The third-order valence-corrected chi connectivity index (χ3v) is 5.07. The molecule has 1 aromatic carbocycles. The van der Waals surface area contributed by atoms with E-state index in [0.717, 1.165) is 25.3 Å². The number of hydrogen-bond donors (Lipinski definition) is 1. The number of carbonyl (C=O) groups is 1. The van der Waals surface area contributed by atoms with Crippen LogP contribution in [0.15, 0.2) is 18.2 Å². The standard InChI is InChI=1S/C15H16FNO4/c16-12-4-10(5-13(6-12)17(20)21)8-15(14(18)19)7-9-1-2-11(15)3-9/h4-6,9,11H,1-3,7-8H2,(H,18,19). The predicted octanol–water partition coefficient (Wildman–Crippen LogP) is 3.17. The van der Waals surface area contributed by atoms with Gasteiger partial charge >= 0.3 is 5.97 Å². The van der Waals surface area contributed by atoms with Gasteiger partial charge in [0.1, 0.15) is 5.82 Å². The summed E-state index contributed by atoms with van der Waals surface area (Å²) in [6.45, 7) is 0. The number of carboxylic acids is 1. The molecule has 0 amide bonds. The Morgan fingerprint density at radius 2 is 2.19 bits per heavy atom. The molecule has 2 fully saturated rings. The lowest BCUT2D eigenvalue weighted by atomic mass is 9.69. The fourth-order valence-electron chi connectivity index (χ4n) is 4.20. The Morgan fingerprint density at radius 1 is 1.43 bits per heavy atom. The van der Waals surface area contributed by atoms with Gasteiger partial charge in [0, 0.05) is 6.07 Å². The highest BCUT2D eigenvalue weighted by Gasteiger charge is 2.55. The molecule has 1 aromatic rings. The van der Waals surface area contributed by atoms with Gasteiger partial charge in [-0.3, -0.25) is 14.9 Å². The van der Waals surface area contributed by atoms with E-state index in [4.69, 9.17) is 0 Å². The zero-order chi connectivity index (χ0) is 15.2. The Morgan fingerprint density at radius 3 is 2.71 bits per heavy atom. The lowest BCUT2D eigenvalue weighted by Gasteiger charge is -2.33. The van der Waals surface area contributed by atoms with Crippen LogP contribution in [0, 0.1) is 33.2 Å². The SMILES string of the molecule is O=C(O)C1(Cc2cc(F)cc([N+](=O)[O-])c2)CC2CCC1C2. The van der Waals surface area contributed by atoms with Crippen LogP contribution in [0.1, 0.15) is 31.2 Å². The monoisotopic (exact) mass is 293 g/mol. The minimum Gasteiger partial charge on any atom is -0.481 e. The van der Waals surface area contributed by atoms with Crippen LogP contribution in [0.3, 0.4) is 0 Å². The second kappa shape index (κ2) is 4.79. The van der Waals surface area contributed by atoms with E-state index in [1.54, 1.807) is 0 Å². The van der Waals surface area contributed by atoms with Gasteiger partial charge < -0.3 is 5.11 Å². The molecule has 0 radical (unpaired) electrons. The Bertz CT molecular complexity index is 618. The summed E-state index contributed by atoms with van der Waals surface area (Å²) in [6, 6.07) is 3.36. The number of carboxylic acid groups (broad SMARTS) is 1. The second-order valence-corrected chi connectivity index (χ2v) is 6.29. The van der Waals surface area contributed by atoms with Crippen molar-refractivity contribution in [3.8, 4) is 0 Å². The largest absolute Gasteiger partial charge is 0.481 e. The molecule has 2 aliphatic rings. The third kappa shape index (κ3) is 2.28. The van der Waals surface area contributed by atoms with E-state index in [9.17, 15) is 24.4 Å². The number of aliphatic carboxylic acids is 1. The van der Waals surface area contributed by atoms with E-state index >= 15 is 0 Å². The Hall–Kier alpha value is -1.98. The molecule has 1 N–H and O–H groups in total. The molecule has 5 nitrogen and oxygen atoms in total. The summed E-state index contributed by atoms with van der Waals surface area (Å²) < 4.78 is 13.5. The molecule has 6 heteroatoms. The maximum absolute atomic E-state index is 13.5. The molecule has 112 valence electrons. The van der Waals surface area contributed by atoms with Crippen LogP contribution in [0.25, 0.3) is 0 Å². The van der Waals surface area contributed by atoms with Crippen molar-refractivity contribution in [2.24, 2.45) is 17.3 Å². The normalized spacial score (nSPS) is 30.5.